The summed E-state index contributed by atoms with van der Waals surface area (Å²) >= 11 is 5.27. The van der Waals surface area contributed by atoms with Crippen LogP contribution in [0.15, 0.2) is 62.8 Å². The molecule has 0 bridgehead atoms. The average Bonchev–Trinajstić information content (AvgIpc) is 3.15. The Morgan fingerprint density at radius 2 is 2.00 bits per heavy atom. The molecule has 0 saturated carbocycles. The van der Waals surface area contributed by atoms with Crippen molar-refractivity contribution >= 4 is 29.5 Å². The summed E-state index contributed by atoms with van der Waals surface area (Å²) in [7, 11) is 0. The molecule has 130 valence electrons. The lowest BCUT2D eigenvalue weighted by atomic mass is 10.1. The highest BCUT2D eigenvalue weighted by molar-refractivity contribution is 7.71. The molecular weight excluding hydrogens is 350 g/mol. The summed E-state index contributed by atoms with van der Waals surface area (Å²) in [6.45, 7) is 2.20. The number of para-hydroxylation sites is 2. The van der Waals surface area contributed by atoms with Gasteiger partial charge in [-0.15, -0.1) is 0 Å². The zero-order chi connectivity index (χ0) is 18.1. The van der Waals surface area contributed by atoms with E-state index in [1.165, 1.54) is 9.24 Å². The predicted molar refractivity (Wildman–Crippen MR) is 101 cm³/mol. The molecule has 0 fully saturated rings. The molecule has 0 unspecified atom stereocenters. The van der Waals surface area contributed by atoms with Crippen LogP contribution in [-0.4, -0.2) is 25.7 Å². The van der Waals surface area contributed by atoms with Gasteiger partial charge in [0.25, 0.3) is 0 Å². The normalized spacial score (nSPS) is 11.6. The maximum Gasteiger partial charge on any atom is 0.420 e. The Morgan fingerprint density at radius 3 is 2.85 bits per heavy atom. The van der Waals surface area contributed by atoms with Gasteiger partial charge in [-0.3, -0.25) is 9.67 Å². The van der Waals surface area contributed by atoms with Gasteiger partial charge in [-0.05, 0) is 42.4 Å². The highest BCUT2D eigenvalue weighted by atomic mass is 32.1. The van der Waals surface area contributed by atoms with Crippen LogP contribution in [-0.2, 0) is 6.54 Å². The van der Waals surface area contributed by atoms with E-state index in [0.29, 0.717) is 21.7 Å². The van der Waals surface area contributed by atoms with Gasteiger partial charge in [0, 0.05) is 0 Å². The maximum absolute atomic E-state index is 12.2. The van der Waals surface area contributed by atoms with Crippen molar-refractivity contribution < 1.29 is 4.42 Å². The second-order valence-corrected chi connectivity index (χ2v) is 6.17. The molecule has 0 aliphatic carbocycles. The van der Waals surface area contributed by atoms with E-state index in [4.69, 9.17) is 16.6 Å². The Labute approximate surface area is 153 Å². The third-order valence-corrected chi connectivity index (χ3v) is 4.36. The van der Waals surface area contributed by atoms with Crippen molar-refractivity contribution in [2.45, 2.75) is 13.5 Å². The molecule has 0 atom stereocenters. The number of aromatic nitrogens is 4. The number of rotatable bonds is 4. The highest BCUT2D eigenvalue weighted by Crippen LogP contribution is 2.13. The summed E-state index contributed by atoms with van der Waals surface area (Å²) in [4.78, 5) is 12.2. The molecule has 4 aromatic rings. The third kappa shape index (κ3) is 2.91. The Balaban J connectivity index is 1.73. The van der Waals surface area contributed by atoms with Crippen LogP contribution in [0, 0.1) is 11.7 Å². The van der Waals surface area contributed by atoms with Crippen LogP contribution in [0.25, 0.3) is 11.1 Å². The van der Waals surface area contributed by atoms with Gasteiger partial charge < -0.3 is 4.42 Å². The number of hydrogen-bond donors (Lipinski definition) is 1. The van der Waals surface area contributed by atoms with Crippen molar-refractivity contribution in [3.63, 3.8) is 0 Å². The van der Waals surface area contributed by atoms with Gasteiger partial charge in [-0.2, -0.15) is 14.9 Å². The van der Waals surface area contributed by atoms with Gasteiger partial charge in [0.05, 0.1) is 18.3 Å². The maximum atomic E-state index is 12.2. The summed E-state index contributed by atoms with van der Waals surface area (Å²) < 4.78 is 8.62. The van der Waals surface area contributed by atoms with Crippen LogP contribution in [0.3, 0.4) is 0 Å². The minimum Gasteiger partial charge on any atom is -0.408 e. The van der Waals surface area contributed by atoms with Crippen molar-refractivity contribution in [3.05, 3.63) is 80.8 Å². The largest absolute Gasteiger partial charge is 0.420 e. The molecule has 2 aromatic heterocycles. The first-order valence-corrected chi connectivity index (χ1v) is 8.39. The van der Waals surface area contributed by atoms with Crippen molar-refractivity contribution in [1.29, 1.82) is 0 Å². The molecule has 4 rings (SSSR count). The molecule has 0 spiro atoms. The fourth-order valence-electron chi connectivity index (χ4n) is 2.70. The first-order chi connectivity index (χ1) is 12.6. The Morgan fingerprint density at radius 1 is 1.23 bits per heavy atom. The number of nitrogens with one attached hydrogen (secondary N) is 1. The van der Waals surface area contributed by atoms with E-state index in [2.05, 4.69) is 15.3 Å². The van der Waals surface area contributed by atoms with Crippen molar-refractivity contribution in [3.8, 4) is 0 Å². The van der Waals surface area contributed by atoms with E-state index >= 15 is 0 Å². The van der Waals surface area contributed by atoms with Gasteiger partial charge in [0.2, 0.25) is 4.77 Å². The smallest absolute Gasteiger partial charge is 0.408 e. The molecule has 0 amide bonds. The Hall–Kier alpha value is -3.26. The second kappa shape index (κ2) is 6.57. The Bertz CT molecular complexity index is 1230. The molecule has 1 N–H and O–H groups in total. The predicted octanol–water partition coefficient (Wildman–Crippen LogP) is 3.09. The van der Waals surface area contributed by atoms with Gasteiger partial charge in [0.1, 0.15) is 0 Å². The first-order valence-electron chi connectivity index (χ1n) is 7.98. The molecule has 26 heavy (non-hydrogen) atoms. The fraction of sp³-hybridized carbons (Fsp3) is 0.111. The number of H-pyrrole nitrogens is 1. The minimum atomic E-state index is -0.449. The van der Waals surface area contributed by atoms with E-state index in [9.17, 15) is 4.79 Å². The number of hydrogen-bond acceptors (Lipinski definition) is 5. The van der Waals surface area contributed by atoms with Crippen LogP contribution in [0.2, 0.25) is 0 Å². The van der Waals surface area contributed by atoms with Crippen LogP contribution in [0.4, 0.5) is 0 Å². The zero-order valence-electron chi connectivity index (χ0n) is 13.9. The monoisotopic (exact) mass is 365 g/mol. The van der Waals surface area contributed by atoms with Crippen LogP contribution < -0.4 is 5.76 Å². The number of oxazole rings is 1. The molecule has 0 radical (unpaired) electrons. The standard InChI is InChI=1S/C18H15N5O2S/c1-12-6-2-3-7-13(12)10-19-23-16(20-21-17(23)26)11-22-14-8-4-5-9-15(14)25-18(22)24/h2-10H,11H2,1H3,(H,21,26)/b19-10+. The lowest BCUT2D eigenvalue weighted by Crippen LogP contribution is -2.17. The number of aromatic amines is 1. The molecular formula is C18H15N5O2S. The van der Waals surface area contributed by atoms with Gasteiger partial charge in [-0.25, -0.2) is 4.79 Å². The SMILES string of the molecule is Cc1ccccc1/C=N/n1c(Cn2c(=O)oc3ccccc32)n[nH]c1=S. The lowest BCUT2D eigenvalue weighted by Gasteiger charge is -2.03. The van der Waals surface area contributed by atoms with E-state index < -0.39 is 5.76 Å². The minimum absolute atomic E-state index is 0.189. The quantitative estimate of drug-likeness (QED) is 0.445. The summed E-state index contributed by atoms with van der Waals surface area (Å²) in [6, 6.07) is 15.1. The zero-order valence-corrected chi connectivity index (χ0v) is 14.7. The lowest BCUT2D eigenvalue weighted by molar-refractivity contribution is 0.510. The topological polar surface area (TPSA) is 81.1 Å². The van der Waals surface area contributed by atoms with Crippen LogP contribution >= 0.6 is 12.2 Å². The summed E-state index contributed by atoms with van der Waals surface area (Å²) in [6.07, 6.45) is 1.72. The molecule has 2 heterocycles. The second-order valence-electron chi connectivity index (χ2n) is 5.78. The number of nitrogens with zero attached hydrogens (tertiary/aromatic N) is 4. The fourth-order valence-corrected chi connectivity index (χ4v) is 2.90. The summed E-state index contributed by atoms with van der Waals surface area (Å²) in [5, 5.41) is 11.4. The van der Waals surface area contributed by atoms with Crippen LogP contribution in [0.1, 0.15) is 17.0 Å². The summed E-state index contributed by atoms with van der Waals surface area (Å²) in [5.41, 5.74) is 3.31. The number of fused-ring (bicyclic) bond motifs is 1. The number of benzene rings is 2. The van der Waals surface area contributed by atoms with Crippen molar-refractivity contribution in [1.82, 2.24) is 19.4 Å². The van der Waals surface area contributed by atoms with Crippen LogP contribution in [0.5, 0.6) is 0 Å². The third-order valence-electron chi connectivity index (χ3n) is 4.09. The van der Waals surface area contributed by atoms with Gasteiger partial charge in [0.15, 0.2) is 11.4 Å². The van der Waals surface area contributed by atoms with E-state index in [1.54, 1.807) is 12.3 Å². The van der Waals surface area contributed by atoms with E-state index in [1.807, 2.05) is 49.4 Å². The summed E-state index contributed by atoms with van der Waals surface area (Å²) in [5.74, 6) is 0.0584. The Kier molecular flexibility index (Phi) is 4.10. The van der Waals surface area contributed by atoms with Crippen molar-refractivity contribution in [2.24, 2.45) is 5.10 Å². The van der Waals surface area contributed by atoms with Gasteiger partial charge in [-0.1, -0.05) is 36.4 Å². The molecule has 8 heteroatoms. The molecule has 0 aliphatic heterocycles. The van der Waals surface area contributed by atoms with E-state index in [-0.39, 0.29) is 6.54 Å². The first kappa shape index (κ1) is 16.2. The molecule has 0 saturated heterocycles. The number of aryl methyl sites for hydroxylation is 1. The van der Waals surface area contributed by atoms with E-state index in [0.717, 1.165) is 11.1 Å². The molecule has 7 nitrogen and oxygen atoms in total. The highest BCUT2D eigenvalue weighted by Gasteiger charge is 2.13. The van der Waals surface area contributed by atoms with Crippen molar-refractivity contribution in [2.75, 3.05) is 0 Å². The van der Waals surface area contributed by atoms with Gasteiger partial charge >= 0.3 is 5.76 Å². The molecule has 2 aromatic carbocycles. The molecule has 0 aliphatic rings. The average molecular weight is 365 g/mol.